The number of aromatic hydroxyl groups is 1. The second-order valence-electron chi connectivity index (χ2n) is 9.10. The topological polar surface area (TPSA) is 77.4 Å². The zero-order valence-corrected chi connectivity index (χ0v) is 22.3. The standard InChI is InChI=1S/C18H30O3S.C10H12OS/c1-2-3-4-5-6-7-8-9-10-11-14-17-15-12-13-16-18(17)22(19,20)21;11-9-3-5-10(6-4-9)12-7-1-2-8-12/h12-13,15-16H,2-11,14H2,1H3,(H,19,20,21);3-6H,1-2,7-8H2. The molecule has 1 N–H and O–H groups in total. The molecular weight excluding hydrogens is 464 g/mol. The van der Waals surface area contributed by atoms with Gasteiger partial charge in [0.2, 0.25) is 0 Å². The molecule has 1 fully saturated rings. The number of unbranched alkanes of at least 4 members (excludes halogenated alkanes) is 9. The monoisotopic (exact) mass is 506 g/mol. The van der Waals surface area contributed by atoms with E-state index >= 15 is 0 Å². The van der Waals surface area contributed by atoms with Crippen LogP contribution in [-0.2, 0) is 27.4 Å². The lowest BCUT2D eigenvalue weighted by Crippen LogP contribution is -2.03. The molecule has 190 valence electrons. The Balaban J connectivity index is 0.000000283. The molecule has 1 saturated heterocycles. The van der Waals surface area contributed by atoms with Gasteiger partial charge in [-0.25, -0.2) is 8.42 Å². The van der Waals surface area contributed by atoms with Crippen LogP contribution in [0.5, 0.6) is 5.75 Å². The molecule has 0 atom stereocenters. The van der Waals surface area contributed by atoms with Crippen LogP contribution in [-0.4, -0.2) is 29.6 Å². The van der Waals surface area contributed by atoms with Gasteiger partial charge in [0.05, 0.1) is 4.90 Å². The lowest BCUT2D eigenvalue weighted by atomic mass is 10.0. The molecule has 34 heavy (non-hydrogen) atoms. The fourth-order valence-electron chi connectivity index (χ4n) is 4.29. The van der Waals surface area contributed by atoms with Crippen molar-refractivity contribution in [1.29, 1.82) is 0 Å². The van der Waals surface area contributed by atoms with Gasteiger partial charge in [-0.1, -0.05) is 82.9 Å². The fourth-order valence-corrected chi connectivity index (χ4v) is 7.32. The smallest absolute Gasteiger partial charge is 0.155 e. The highest BCUT2D eigenvalue weighted by atomic mass is 32.2. The van der Waals surface area contributed by atoms with Crippen molar-refractivity contribution in [3.63, 3.8) is 0 Å². The zero-order valence-electron chi connectivity index (χ0n) is 20.7. The number of hydrogen-bond acceptors (Lipinski definition) is 4. The minimum absolute atomic E-state index is 0.0501. The highest BCUT2D eigenvalue weighted by Crippen LogP contribution is 2.24. The van der Waals surface area contributed by atoms with E-state index in [2.05, 4.69) is 19.1 Å². The first-order chi connectivity index (χ1) is 16.4. The number of phenols is 1. The summed E-state index contributed by atoms with van der Waals surface area (Å²) in [6.07, 6.45) is 15.9. The third-order valence-corrected chi connectivity index (χ3v) is 9.68. The van der Waals surface area contributed by atoms with E-state index in [4.69, 9.17) is 5.11 Å². The van der Waals surface area contributed by atoms with Crippen LogP contribution in [0.3, 0.4) is 0 Å². The largest absolute Gasteiger partial charge is 0.744 e. The van der Waals surface area contributed by atoms with Gasteiger partial charge in [0.25, 0.3) is 0 Å². The molecule has 1 heterocycles. The van der Waals surface area contributed by atoms with Crippen LogP contribution < -0.4 is 0 Å². The molecule has 0 aliphatic carbocycles. The van der Waals surface area contributed by atoms with Crippen LogP contribution in [0.1, 0.15) is 89.5 Å². The normalized spacial score (nSPS) is 14.1. The summed E-state index contributed by atoms with van der Waals surface area (Å²) in [5, 5.41) is 9.10. The molecule has 0 bridgehead atoms. The van der Waals surface area contributed by atoms with Gasteiger partial charge in [-0.2, -0.15) is 0 Å². The van der Waals surface area contributed by atoms with E-state index < -0.39 is 10.1 Å². The van der Waals surface area contributed by atoms with Gasteiger partial charge in [0.1, 0.15) is 27.4 Å². The van der Waals surface area contributed by atoms with E-state index in [0.29, 0.717) is 28.6 Å². The van der Waals surface area contributed by atoms with E-state index in [1.807, 2.05) is 0 Å². The van der Waals surface area contributed by atoms with Crippen LogP contribution in [0.2, 0.25) is 0 Å². The van der Waals surface area contributed by atoms with Gasteiger partial charge in [0, 0.05) is 10.9 Å². The SMILES string of the molecule is CCCCCCCCCCCCc1ccccc1S(=O)(=O)[O-].Oc1ccc([S+]2CCCC2)cc1. The van der Waals surface area contributed by atoms with Crippen molar-refractivity contribution < 1.29 is 18.1 Å². The predicted octanol–water partition coefficient (Wildman–Crippen LogP) is 7.22. The second kappa shape index (κ2) is 16.2. The Bertz CT molecular complexity index is 904. The zero-order chi connectivity index (χ0) is 24.7. The van der Waals surface area contributed by atoms with Crippen molar-refractivity contribution in [3.8, 4) is 5.75 Å². The van der Waals surface area contributed by atoms with Crippen molar-refractivity contribution in [2.24, 2.45) is 0 Å². The lowest BCUT2D eigenvalue weighted by molar-refractivity contribution is 0.461. The first-order valence-electron chi connectivity index (χ1n) is 12.9. The molecular formula is C28H42O4S2. The van der Waals surface area contributed by atoms with Gasteiger partial charge >= 0.3 is 0 Å². The van der Waals surface area contributed by atoms with Crippen molar-refractivity contribution in [2.45, 2.75) is 100 Å². The van der Waals surface area contributed by atoms with Gasteiger partial charge in [-0.3, -0.25) is 0 Å². The van der Waals surface area contributed by atoms with E-state index in [-0.39, 0.29) is 4.90 Å². The van der Waals surface area contributed by atoms with Gasteiger partial charge < -0.3 is 9.66 Å². The number of phenolic OH excluding ortho intramolecular Hbond substituents is 1. The van der Waals surface area contributed by atoms with Crippen LogP contribution in [0.25, 0.3) is 0 Å². The molecule has 0 radical (unpaired) electrons. The number of benzene rings is 2. The molecule has 0 saturated carbocycles. The Morgan fingerprint density at radius 1 is 0.794 bits per heavy atom. The number of aryl methyl sites for hydroxylation is 1. The Labute approximate surface area is 210 Å². The molecule has 0 spiro atoms. The van der Waals surface area contributed by atoms with Crippen molar-refractivity contribution in [1.82, 2.24) is 0 Å². The Morgan fingerprint density at radius 2 is 1.32 bits per heavy atom. The predicted molar refractivity (Wildman–Crippen MR) is 143 cm³/mol. The summed E-state index contributed by atoms with van der Waals surface area (Å²) in [5.41, 5.74) is 0.664. The van der Waals surface area contributed by atoms with Crippen molar-refractivity contribution in [3.05, 3.63) is 54.1 Å². The van der Waals surface area contributed by atoms with Crippen LogP contribution in [0.4, 0.5) is 0 Å². The van der Waals surface area contributed by atoms with Gasteiger partial charge in [-0.05, 0) is 61.6 Å². The van der Waals surface area contributed by atoms with E-state index in [0.717, 1.165) is 12.8 Å². The molecule has 0 unspecified atom stereocenters. The maximum atomic E-state index is 11.2. The number of hydrogen-bond donors (Lipinski definition) is 1. The maximum absolute atomic E-state index is 11.2. The third-order valence-electron chi connectivity index (χ3n) is 6.24. The second-order valence-corrected chi connectivity index (χ2v) is 12.7. The average Bonchev–Trinajstić information content (AvgIpc) is 3.36. The summed E-state index contributed by atoms with van der Waals surface area (Å²) in [4.78, 5) is 1.37. The summed E-state index contributed by atoms with van der Waals surface area (Å²) in [7, 11) is -3.86. The van der Waals surface area contributed by atoms with Crippen molar-refractivity contribution >= 4 is 21.0 Å². The molecule has 2 aromatic rings. The Morgan fingerprint density at radius 3 is 1.88 bits per heavy atom. The lowest BCUT2D eigenvalue weighted by Gasteiger charge is -2.12. The maximum Gasteiger partial charge on any atom is 0.155 e. The molecule has 1 aliphatic heterocycles. The quantitative estimate of drug-likeness (QED) is 0.177. The highest BCUT2D eigenvalue weighted by molar-refractivity contribution is 7.97. The van der Waals surface area contributed by atoms with Crippen LogP contribution in [0.15, 0.2) is 58.3 Å². The molecule has 6 heteroatoms. The fraction of sp³-hybridized carbons (Fsp3) is 0.571. The molecule has 2 aromatic carbocycles. The van der Waals surface area contributed by atoms with Crippen LogP contribution >= 0.6 is 0 Å². The molecule has 3 rings (SSSR count). The molecule has 1 aliphatic rings. The number of rotatable bonds is 13. The first kappa shape index (κ1) is 28.7. The van der Waals surface area contributed by atoms with E-state index in [1.165, 1.54) is 86.7 Å². The summed E-state index contributed by atoms with van der Waals surface area (Å²) in [6, 6.07) is 14.3. The molecule has 4 nitrogen and oxygen atoms in total. The molecule has 0 amide bonds. The molecule has 0 aromatic heterocycles. The average molecular weight is 507 g/mol. The van der Waals surface area contributed by atoms with Crippen LogP contribution in [0, 0.1) is 0 Å². The summed E-state index contributed by atoms with van der Waals surface area (Å²) in [6.45, 7) is 2.23. The minimum Gasteiger partial charge on any atom is -0.744 e. The summed E-state index contributed by atoms with van der Waals surface area (Å²) < 4.78 is 33.5. The summed E-state index contributed by atoms with van der Waals surface area (Å²) in [5.74, 6) is 3.08. The summed E-state index contributed by atoms with van der Waals surface area (Å²) >= 11 is 0. The Hall–Kier alpha value is -1.50. The van der Waals surface area contributed by atoms with Gasteiger partial charge in [-0.15, -0.1) is 0 Å². The minimum atomic E-state index is -4.35. The van der Waals surface area contributed by atoms with E-state index in [1.54, 1.807) is 30.3 Å². The van der Waals surface area contributed by atoms with Crippen molar-refractivity contribution in [2.75, 3.05) is 11.5 Å². The first-order valence-corrected chi connectivity index (χ1v) is 15.9. The van der Waals surface area contributed by atoms with E-state index in [9.17, 15) is 13.0 Å². The third kappa shape index (κ3) is 11.3. The Kier molecular flexibility index (Phi) is 13.7. The highest BCUT2D eigenvalue weighted by Gasteiger charge is 2.26. The van der Waals surface area contributed by atoms with Gasteiger partial charge in [0.15, 0.2) is 4.90 Å².